The summed E-state index contributed by atoms with van der Waals surface area (Å²) in [5.41, 5.74) is 11.3. The van der Waals surface area contributed by atoms with Crippen LogP contribution in [0, 0.1) is 18.8 Å². The number of allylic oxidation sites excluding steroid dienone is 2. The van der Waals surface area contributed by atoms with Crippen molar-refractivity contribution in [2.45, 2.75) is 112 Å². The van der Waals surface area contributed by atoms with Gasteiger partial charge in [0.05, 0.1) is 22.4 Å². The number of fused-ring (bicyclic) bond motifs is 3. The molecular formula is C47H56N4O. The standard InChI is InChI=1S/C47H56N4O/c1-9-11-15-35-21-22-48-45(25-35)50-42-18-14-13-16-40(42)41-20-19-38(29-44(41)50)52-39-27-36(30(3)4)26-37(28-39)51-43(17-12-10-2)47(34(8)49-51)46-32(6)23-31(5)24-33(46)7/h13-14,16,18-23,25-31,33,46H,9-12,15,17,24H2,1-8H3/t31-,33-,46?/m0/s1. The fraction of sp³-hybridized carbons (Fsp3) is 0.404. The molecule has 0 aliphatic heterocycles. The first-order valence-electron chi connectivity index (χ1n) is 19.7. The third kappa shape index (κ3) is 6.95. The molecule has 270 valence electrons. The second-order valence-electron chi connectivity index (χ2n) is 15.7. The molecule has 3 atom stereocenters. The van der Waals surface area contributed by atoms with Gasteiger partial charge in [-0.3, -0.25) is 4.57 Å². The lowest BCUT2D eigenvalue weighted by atomic mass is 9.72. The van der Waals surface area contributed by atoms with Crippen molar-refractivity contribution in [2.24, 2.45) is 11.8 Å². The van der Waals surface area contributed by atoms with Gasteiger partial charge >= 0.3 is 0 Å². The van der Waals surface area contributed by atoms with Crippen molar-refractivity contribution in [2.75, 3.05) is 0 Å². The van der Waals surface area contributed by atoms with Gasteiger partial charge in [-0.25, -0.2) is 9.67 Å². The lowest BCUT2D eigenvalue weighted by molar-refractivity contribution is 0.389. The van der Waals surface area contributed by atoms with Gasteiger partial charge in [0, 0.05) is 46.3 Å². The highest BCUT2D eigenvalue weighted by Crippen LogP contribution is 2.44. The molecule has 0 radical (unpaired) electrons. The van der Waals surface area contributed by atoms with Crippen molar-refractivity contribution in [3.63, 3.8) is 0 Å². The van der Waals surface area contributed by atoms with E-state index >= 15 is 0 Å². The number of rotatable bonds is 12. The first-order chi connectivity index (χ1) is 25.2. The SMILES string of the molecule is CCCCc1ccnc(-n2c3ccccc3c3ccc(Oc4cc(C(C)C)cc(-n5nc(C)c(C6C(C)=C[C@H](C)C[C@@H]6C)c5CCCC)c4)cc32)c1. The summed E-state index contributed by atoms with van der Waals surface area (Å²) in [5.74, 6) is 4.51. The zero-order valence-electron chi connectivity index (χ0n) is 32.5. The van der Waals surface area contributed by atoms with Crippen LogP contribution in [-0.2, 0) is 12.8 Å². The van der Waals surface area contributed by atoms with Crippen LogP contribution in [0.1, 0.15) is 120 Å². The van der Waals surface area contributed by atoms with Gasteiger partial charge in [0.25, 0.3) is 0 Å². The summed E-state index contributed by atoms with van der Waals surface area (Å²) in [6.45, 7) is 18.4. The summed E-state index contributed by atoms with van der Waals surface area (Å²) >= 11 is 0. The summed E-state index contributed by atoms with van der Waals surface area (Å²) in [7, 11) is 0. The van der Waals surface area contributed by atoms with Gasteiger partial charge in [0.1, 0.15) is 17.3 Å². The van der Waals surface area contributed by atoms with Crippen LogP contribution in [0.2, 0.25) is 0 Å². The molecule has 5 nitrogen and oxygen atoms in total. The maximum atomic E-state index is 6.84. The van der Waals surface area contributed by atoms with Crippen molar-refractivity contribution >= 4 is 21.8 Å². The van der Waals surface area contributed by atoms with Gasteiger partial charge in [0.2, 0.25) is 0 Å². The molecule has 1 aliphatic carbocycles. The smallest absolute Gasteiger partial charge is 0.137 e. The number of unbranched alkanes of at least 4 members (excludes halogenated alkanes) is 2. The highest BCUT2D eigenvalue weighted by Gasteiger charge is 2.32. The Morgan fingerprint density at radius 2 is 1.60 bits per heavy atom. The highest BCUT2D eigenvalue weighted by atomic mass is 16.5. The molecule has 0 amide bonds. The first-order valence-corrected chi connectivity index (χ1v) is 19.7. The third-order valence-corrected chi connectivity index (χ3v) is 11.2. The molecular weight excluding hydrogens is 637 g/mol. The monoisotopic (exact) mass is 692 g/mol. The van der Waals surface area contributed by atoms with E-state index in [2.05, 4.69) is 144 Å². The van der Waals surface area contributed by atoms with Gasteiger partial charge in [-0.05, 0) is 117 Å². The Labute approximate surface area is 310 Å². The minimum absolute atomic E-state index is 0.332. The van der Waals surface area contributed by atoms with E-state index in [4.69, 9.17) is 14.8 Å². The second-order valence-corrected chi connectivity index (χ2v) is 15.7. The molecule has 7 rings (SSSR count). The first kappa shape index (κ1) is 35.7. The molecule has 0 saturated carbocycles. The molecule has 0 N–H and O–H groups in total. The molecule has 1 aliphatic rings. The van der Waals surface area contributed by atoms with Crippen molar-refractivity contribution in [1.29, 1.82) is 0 Å². The maximum Gasteiger partial charge on any atom is 0.137 e. The average molecular weight is 693 g/mol. The Bertz CT molecular complexity index is 2230. The number of hydrogen-bond acceptors (Lipinski definition) is 3. The third-order valence-electron chi connectivity index (χ3n) is 11.2. The average Bonchev–Trinajstić information content (AvgIpc) is 3.63. The molecule has 3 heterocycles. The summed E-state index contributed by atoms with van der Waals surface area (Å²) in [5, 5.41) is 7.71. The van der Waals surface area contributed by atoms with Gasteiger partial charge in [-0.15, -0.1) is 0 Å². The van der Waals surface area contributed by atoms with E-state index in [0.29, 0.717) is 23.7 Å². The van der Waals surface area contributed by atoms with E-state index in [-0.39, 0.29) is 0 Å². The molecule has 3 aromatic heterocycles. The van der Waals surface area contributed by atoms with Crippen molar-refractivity contribution in [3.8, 4) is 23.0 Å². The van der Waals surface area contributed by atoms with Gasteiger partial charge in [0.15, 0.2) is 0 Å². The van der Waals surface area contributed by atoms with Crippen LogP contribution in [0.4, 0.5) is 0 Å². The number of para-hydroxylation sites is 1. The van der Waals surface area contributed by atoms with Crippen LogP contribution in [0.5, 0.6) is 11.5 Å². The number of ether oxygens (including phenoxy) is 1. The predicted octanol–water partition coefficient (Wildman–Crippen LogP) is 13.0. The molecule has 0 bridgehead atoms. The normalized spacial score (nSPS) is 17.7. The van der Waals surface area contributed by atoms with Crippen molar-refractivity contribution < 1.29 is 4.74 Å². The van der Waals surface area contributed by atoms with Crippen LogP contribution >= 0.6 is 0 Å². The predicted molar refractivity (Wildman–Crippen MR) is 218 cm³/mol. The fourth-order valence-corrected chi connectivity index (χ4v) is 8.73. The van der Waals surface area contributed by atoms with Crippen LogP contribution in [-0.4, -0.2) is 19.3 Å². The quantitative estimate of drug-likeness (QED) is 0.120. The maximum absolute atomic E-state index is 6.84. The molecule has 3 aromatic carbocycles. The van der Waals surface area contributed by atoms with E-state index in [0.717, 1.165) is 65.4 Å². The van der Waals surface area contributed by atoms with E-state index < -0.39 is 0 Å². The van der Waals surface area contributed by atoms with Crippen molar-refractivity contribution in [3.05, 3.63) is 119 Å². The Morgan fingerprint density at radius 3 is 2.37 bits per heavy atom. The van der Waals surface area contributed by atoms with Crippen LogP contribution in [0.3, 0.4) is 0 Å². The van der Waals surface area contributed by atoms with Crippen LogP contribution in [0.25, 0.3) is 33.3 Å². The second kappa shape index (κ2) is 15.1. The topological polar surface area (TPSA) is 44.9 Å². The van der Waals surface area contributed by atoms with Crippen LogP contribution in [0.15, 0.2) is 90.6 Å². The molecule has 1 unspecified atom stereocenters. The van der Waals surface area contributed by atoms with Gasteiger partial charge in [-0.2, -0.15) is 5.10 Å². The number of pyridine rings is 1. The molecule has 5 heteroatoms. The number of benzene rings is 3. The number of aromatic nitrogens is 4. The minimum atomic E-state index is 0.332. The Balaban J connectivity index is 1.32. The van der Waals surface area contributed by atoms with Gasteiger partial charge in [-0.1, -0.05) is 84.2 Å². The zero-order valence-corrected chi connectivity index (χ0v) is 32.5. The zero-order chi connectivity index (χ0) is 36.5. The Hall–Kier alpha value is -4.64. The van der Waals surface area contributed by atoms with Crippen molar-refractivity contribution in [1.82, 2.24) is 19.3 Å². The summed E-state index contributed by atoms with van der Waals surface area (Å²) < 4.78 is 11.4. The summed E-state index contributed by atoms with van der Waals surface area (Å²) in [6.07, 6.45) is 12.3. The summed E-state index contributed by atoms with van der Waals surface area (Å²) in [4.78, 5) is 4.87. The molecule has 52 heavy (non-hydrogen) atoms. The summed E-state index contributed by atoms with van der Waals surface area (Å²) in [6, 6.07) is 26.2. The molecule has 0 saturated heterocycles. The Kier molecular flexibility index (Phi) is 10.4. The fourth-order valence-electron chi connectivity index (χ4n) is 8.73. The minimum Gasteiger partial charge on any atom is -0.457 e. The van der Waals surface area contributed by atoms with E-state index in [1.165, 1.54) is 58.0 Å². The number of nitrogens with zero attached hydrogens (tertiary/aromatic N) is 4. The lowest BCUT2D eigenvalue weighted by Crippen LogP contribution is -2.21. The van der Waals surface area contributed by atoms with Gasteiger partial charge < -0.3 is 4.74 Å². The lowest BCUT2D eigenvalue weighted by Gasteiger charge is -2.32. The molecule has 6 aromatic rings. The van der Waals surface area contributed by atoms with E-state index in [1.807, 2.05) is 6.20 Å². The number of hydrogen-bond donors (Lipinski definition) is 0. The van der Waals surface area contributed by atoms with E-state index in [1.54, 1.807) is 0 Å². The molecule has 0 fully saturated rings. The Morgan fingerprint density at radius 1 is 0.827 bits per heavy atom. The van der Waals surface area contributed by atoms with Crippen LogP contribution < -0.4 is 4.74 Å². The van der Waals surface area contributed by atoms with E-state index in [9.17, 15) is 0 Å². The highest BCUT2D eigenvalue weighted by molar-refractivity contribution is 6.09. The largest absolute Gasteiger partial charge is 0.457 e. The molecule has 0 spiro atoms. The number of aryl methyl sites for hydroxylation is 2.